The van der Waals surface area contributed by atoms with Gasteiger partial charge in [-0.3, -0.25) is 4.79 Å². The van der Waals surface area contributed by atoms with E-state index in [0.717, 1.165) is 22.7 Å². The van der Waals surface area contributed by atoms with E-state index in [-0.39, 0.29) is 24.2 Å². The van der Waals surface area contributed by atoms with Crippen LogP contribution in [-0.4, -0.2) is 41.0 Å². The van der Waals surface area contributed by atoms with Crippen molar-refractivity contribution < 1.29 is 18.7 Å². The monoisotopic (exact) mass is 381 g/mol. The van der Waals surface area contributed by atoms with Crippen molar-refractivity contribution in [1.82, 2.24) is 14.9 Å². The molecule has 1 atom stereocenters. The summed E-state index contributed by atoms with van der Waals surface area (Å²) in [7, 11) is 1.63. The zero-order valence-electron chi connectivity index (χ0n) is 15.4. The molecule has 0 saturated heterocycles. The Morgan fingerprint density at radius 1 is 1.25 bits per heavy atom. The molecule has 7 heteroatoms. The molecular weight excluding hydrogens is 361 g/mol. The molecule has 0 radical (unpaired) electrons. The third-order valence-corrected chi connectivity index (χ3v) is 4.86. The van der Waals surface area contributed by atoms with E-state index in [0.29, 0.717) is 18.8 Å². The van der Waals surface area contributed by atoms with Gasteiger partial charge in [-0.2, -0.15) is 0 Å². The fourth-order valence-corrected chi connectivity index (χ4v) is 3.40. The van der Waals surface area contributed by atoms with E-state index in [4.69, 9.17) is 9.47 Å². The number of ether oxygens (including phenoxy) is 2. The molecule has 2 aromatic carbocycles. The van der Waals surface area contributed by atoms with Crippen molar-refractivity contribution in [2.45, 2.75) is 12.5 Å². The van der Waals surface area contributed by atoms with Crippen LogP contribution in [0.2, 0.25) is 0 Å². The summed E-state index contributed by atoms with van der Waals surface area (Å²) in [6.45, 7) is 0.831. The highest BCUT2D eigenvalue weighted by Crippen LogP contribution is 2.33. The number of aromatic amines is 1. The minimum atomic E-state index is -0.345. The molecule has 0 spiro atoms. The number of hydrogen-bond donors (Lipinski definition) is 1. The van der Waals surface area contributed by atoms with Crippen molar-refractivity contribution in [3.8, 4) is 11.5 Å². The van der Waals surface area contributed by atoms with Crippen LogP contribution in [0.1, 0.15) is 22.9 Å². The van der Waals surface area contributed by atoms with Crippen molar-refractivity contribution >= 4 is 5.91 Å². The summed E-state index contributed by atoms with van der Waals surface area (Å²) in [5, 5.41) is 0. The number of halogens is 1. The lowest BCUT2D eigenvalue weighted by atomic mass is 9.90. The van der Waals surface area contributed by atoms with Crippen molar-refractivity contribution in [2.75, 3.05) is 20.3 Å². The number of H-pyrrole nitrogens is 1. The summed E-state index contributed by atoms with van der Waals surface area (Å²) in [4.78, 5) is 22.1. The highest BCUT2D eigenvalue weighted by molar-refractivity contribution is 5.78. The Labute approximate surface area is 161 Å². The molecule has 1 amide bonds. The summed E-state index contributed by atoms with van der Waals surface area (Å²) >= 11 is 0. The van der Waals surface area contributed by atoms with Crippen LogP contribution < -0.4 is 9.47 Å². The van der Waals surface area contributed by atoms with Crippen LogP contribution >= 0.6 is 0 Å². The van der Waals surface area contributed by atoms with Gasteiger partial charge in [0.1, 0.15) is 17.3 Å². The molecule has 1 aromatic heterocycles. The lowest BCUT2D eigenvalue weighted by Gasteiger charge is -2.32. The Kier molecular flexibility index (Phi) is 4.97. The molecule has 0 aliphatic carbocycles. The Balaban J connectivity index is 1.51. The molecular formula is C21H20FN3O3. The first-order chi connectivity index (χ1) is 13.6. The fraction of sp³-hybridized carbons (Fsp3) is 0.238. The smallest absolute Gasteiger partial charge is 0.260 e. The number of carbonyl (C=O) groups is 1. The van der Waals surface area contributed by atoms with Gasteiger partial charge in [0.05, 0.1) is 31.4 Å². The third kappa shape index (κ3) is 3.69. The molecule has 4 rings (SSSR count). The highest BCUT2D eigenvalue weighted by atomic mass is 19.1. The zero-order chi connectivity index (χ0) is 19.5. The van der Waals surface area contributed by atoms with Gasteiger partial charge in [0.2, 0.25) is 0 Å². The van der Waals surface area contributed by atoms with Gasteiger partial charge in [0.25, 0.3) is 5.91 Å². The van der Waals surface area contributed by atoms with Crippen LogP contribution in [0.5, 0.6) is 11.5 Å². The molecule has 28 heavy (non-hydrogen) atoms. The van der Waals surface area contributed by atoms with Crippen molar-refractivity contribution in [3.63, 3.8) is 0 Å². The van der Waals surface area contributed by atoms with Gasteiger partial charge >= 0.3 is 0 Å². The first-order valence-corrected chi connectivity index (χ1v) is 8.96. The first kappa shape index (κ1) is 18.0. The quantitative estimate of drug-likeness (QED) is 0.737. The van der Waals surface area contributed by atoms with E-state index in [1.165, 1.54) is 24.3 Å². The topological polar surface area (TPSA) is 67.4 Å². The number of methoxy groups -OCH3 is 1. The van der Waals surface area contributed by atoms with Gasteiger partial charge in [-0.15, -0.1) is 0 Å². The van der Waals surface area contributed by atoms with E-state index < -0.39 is 0 Å². The second-order valence-electron chi connectivity index (χ2n) is 6.61. The molecule has 1 N–H and O–H groups in total. The molecule has 1 aliphatic rings. The second-order valence-corrected chi connectivity index (χ2v) is 6.61. The summed E-state index contributed by atoms with van der Waals surface area (Å²) in [5.74, 6) is 0.677. The highest BCUT2D eigenvalue weighted by Gasteiger charge is 2.31. The number of benzene rings is 2. The van der Waals surface area contributed by atoms with Gasteiger partial charge in [-0.05, 0) is 42.0 Å². The van der Waals surface area contributed by atoms with Gasteiger partial charge < -0.3 is 19.4 Å². The Hall–Kier alpha value is -3.35. The van der Waals surface area contributed by atoms with E-state index in [1.54, 1.807) is 18.3 Å². The Bertz CT molecular complexity index is 971. The Morgan fingerprint density at radius 2 is 2.07 bits per heavy atom. The van der Waals surface area contributed by atoms with E-state index in [1.807, 2.05) is 24.3 Å². The summed E-state index contributed by atoms with van der Waals surface area (Å²) in [5.41, 5.74) is 2.88. The predicted molar refractivity (Wildman–Crippen MR) is 101 cm³/mol. The predicted octanol–water partition coefficient (Wildman–Crippen LogP) is 3.11. The number of rotatable bonds is 5. The minimum Gasteiger partial charge on any atom is -0.497 e. The van der Waals surface area contributed by atoms with Gasteiger partial charge in [0, 0.05) is 12.5 Å². The fourth-order valence-electron chi connectivity index (χ4n) is 3.40. The van der Waals surface area contributed by atoms with Crippen LogP contribution in [0.25, 0.3) is 0 Å². The van der Waals surface area contributed by atoms with E-state index in [9.17, 15) is 9.18 Å². The number of hydrogen-bond acceptors (Lipinski definition) is 4. The number of nitrogens with one attached hydrogen (secondary N) is 1. The van der Waals surface area contributed by atoms with Crippen LogP contribution in [-0.2, 0) is 11.3 Å². The summed E-state index contributed by atoms with van der Waals surface area (Å²) < 4.78 is 23.8. The van der Waals surface area contributed by atoms with Crippen molar-refractivity contribution in [2.24, 2.45) is 0 Å². The van der Waals surface area contributed by atoms with Crippen molar-refractivity contribution in [3.05, 3.63) is 77.6 Å². The van der Waals surface area contributed by atoms with Gasteiger partial charge in [-0.25, -0.2) is 9.37 Å². The average molecular weight is 381 g/mol. The maximum absolute atomic E-state index is 13.0. The maximum atomic E-state index is 13.0. The SMILES string of the molecule is COc1cccc(C2CN(C(=O)COc3ccc(F)cc3)Cc3[nH]cnc32)c1. The third-order valence-electron chi connectivity index (χ3n) is 4.86. The van der Waals surface area contributed by atoms with Gasteiger partial charge in [0.15, 0.2) is 6.61 Å². The summed E-state index contributed by atoms with van der Waals surface area (Å²) in [6.07, 6.45) is 1.65. The largest absolute Gasteiger partial charge is 0.497 e. The number of amides is 1. The standard InChI is InChI=1S/C21H20FN3O3/c1-27-17-4-2-3-14(9-17)18-10-25(11-19-21(18)24-13-23-19)20(26)12-28-16-7-5-15(22)6-8-16/h2-9,13,18H,10-12H2,1H3,(H,23,24). The molecule has 144 valence electrons. The van der Waals surface area contributed by atoms with E-state index in [2.05, 4.69) is 9.97 Å². The van der Waals surface area contributed by atoms with Crippen molar-refractivity contribution in [1.29, 1.82) is 0 Å². The lowest BCUT2D eigenvalue weighted by molar-refractivity contribution is -0.134. The van der Waals surface area contributed by atoms with Crippen LogP contribution in [0.4, 0.5) is 4.39 Å². The molecule has 1 unspecified atom stereocenters. The molecule has 1 aliphatic heterocycles. The minimum absolute atomic E-state index is 0.0557. The number of aromatic nitrogens is 2. The first-order valence-electron chi connectivity index (χ1n) is 8.96. The van der Waals surface area contributed by atoms with Crippen LogP contribution in [0, 0.1) is 5.82 Å². The molecule has 0 bridgehead atoms. The maximum Gasteiger partial charge on any atom is 0.260 e. The molecule has 0 saturated carbocycles. The number of fused-ring (bicyclic) bond motifs is 1. The number of carbonyl (C=O) groups excluding carboxylic acids is 1. The zero-order valence-corrected chi connectivity index (χ0v) is 15.4. The lowest BCUT2D eigenvalue weighted by Crippen LogP contribution is -2.41. The normalized spacial score (nSPS) is 15.8. The second kappa shape index (κ2) is 7.72. The molecule has 6 nitrogen and oxygen atoms in total. The van der Waals surface area contributed by atoms with Gasteiger partial charge in [-0.1, -0.05) is 12.1 Å². The number of imidazole rings is 1. The molecule has 3 aromatic rings. The molecule has 2 heterocycles. The molecule has 0 fully saturated rings. The number of nitrogens with zero attached hydrogens (tertiary/aromatic N) is 2. The van der Waals surface area contributed by atoms with Crippen LogP contribution in [0.15, 0.2) is 54.9 Å². The van der Waals surface area contributed by atoms with Crippen LogP contribution in [0.3, 0.4) is 0 Å². The summed E-state index contributed by atoms with van der Waals surface area (Å²) in [6, 6.07) is 13.4. The average Bonchev–Trinajstić information content (AvgIpc) is 3.21. The Morgan fingerprint density at radius 3 is 2.86 bits per heavy atom. The van der Waals surface area contributed by atoms with E-state index >= 15 is 0 Å².